The van der Waals surface area contributed by atoms with Gasteiger partial charge in [0.05, 0.1) is 12.0 Å². The average molecular weight is 397 g/mol. The molecule has 1 N–H and O–H groups in total. The minimum Gasteiger partial charge on any atom is -0.459 e. The van der Waals surface area contributed by atoms with Gasteiger partial charge in [0.1, 0.15) is 0 Å². The van der Waals surface area contributed by atoms with Crippen molar-refractivity contribution in [3.05, 3.63) is 83.4 Å². The Bertz CT molecular complexity index is 1390. The summed E-state index contributed by atoms with van der Waals surface area (Å²) in [6.45, 7) is 4.37. The van der Waals surface area contributed by atoms with Gasteiger partial charge < -0.3 is 9.73 Å². The second kappa shape index (κ2) is 7.11. The number of nitrogens with one attached hydrogen (secondary N) is 1. The Balaban J connectivity index is 1.52. The molecular formula is C23H19N5O2. The van der Waals surface area contributed by atoms with Gasteiger partial charge in [0.15, 0.2) is 17.2 Å². The third kappa shape index (κ3) is 3.00. The molecule has 0 aliphatic rings. The average Bonchev–Trinajstić information content (AvgIpc) is 3.44. The van der Waals surface area contributed by atoms with Crippen LogP contribution in [0.3, 0.4) is 0 Å². The first-order valence-electron chi connectivity index (χ1n) is 9.64. The van der Waals surface area contributed by atoms with Gasteiger partial charge >= 0.3 is 0 Å². The summed E-state index contributed by atoms with van der Waals surface area (Å²) >= 11 is 0. The van der Waals surface area contributed by atoms with Gasteiger partial charge in [0, 0.05) is 22.9 Å². The maximum absolute atomic E-state index is 12.2. The molecule has 7 heteroatoms. The molecule has 0 radical (unpaired) electrons. The summed E-state index contributed by atoms with van der Waals surface area (Å²) in [5.41, 5.74) is 4.58. The third-order valence-electron chi connectivity index (χ3n) is 5.24. The number of benzene rings is 2. The van der Waals surface area contributed by atoms with E-state index in [2.05, 4.69) is 15.5 Å². The molecule has 30 heavy (non-hydrogen) atoms. The molecule has 0 spiro atoms. The van der Waals surface area contributed by atoms with Crippen molar-refractivity contribution in [2.75, 3.05) is 0 Å². The Morgan fingerprint density at radius 2 is 1.87 bits per heavy atom. The number of hydrogen-bond acceptors (Lipinski definition) is 5. The standard InChI is InChI=1S/C23H19N5O2/c1-14-9-10-16(12-17(14)13-24-23(29)20-8-5-11-30-20)21-25-26-22-19-7-4-3-6-18(19)15(2)27-28(21)22/h3-12H,13H2,1-2H3,(H,24,29). The van der Waals surface area contributed by atoms with Crippen molar-refractivity contribution in [2.45, 2.75) is 20.4 Å². The number of carbonyl (C=O) groups excluding carboxylic acids is 1. The lowest BCUT2D eigenvalue weighted by Crippen LogP contribution is -2.22. The van der Waals surface area contributed by atoms with E-state index in [1.54, 1.807) is 16.6 Å². The molecule has 0 saturated carbocycles. The van der Waals surface area contributed by atoms with Crippen LogP contribution in [0.15, 0.2) is 65.3 Å². The Hall–Kier alpha value is -4.00. The predicted octanol–water partition coefficient (Wildman–Crippen LogP) is 4.08. The number of fused-ring (bicyclic) bond motifs is 3. The van der Waals surface area contributed by atoms with Gasteiger partial charge in [0.2, 0.25) is 0 Å². The van der Waals surface area contributed by atoms with Crippen LogP contribution in [0.5, 0.6) is 0 Å². The Kier molecular flexibility index (Phi) is 4.28. The largest absolute Gasteiger partial charge is 0.459 e. The van der Waals surface area contributed by atoms with Gasteiger partial charge in [-0.05, 0) is 43.2 Å². The van der Waals surface area contributed by atoms with E-state index in [9.17, 15) is 4.79 Å². The Morgan fingerprint density at radius 1 is 1.03 bits per heavy atom. The van der Waals surface area contributed by atoms with Gasteiger partial charge in [-0.1, -0.05) is 36.4 Å². The summed E-state index contributed by atoms with van der Waals surface area (Å²) in [6.07, 6.45) is 1.48. The maximum Gasteiger partial charge on any atom is 0.287 e. The monoisotopic (exact) mass is 397 g/mol. The predicted molar refractivity (Wildman–Crippen MR) is 113 cm³/mol. The fourth-order valence-electron chi connectivity index (χ4n) is 3.59. The molecule has 1 amide bonds. The SMILES string of the molecule is Cc1ccc(-c2nnc3c4ccccc4c(C)nn23)cc1CNC(=O)c1ccco1. The number of hydrogen-bond donors (Lipinski definition) is 1. The zero-order valence-corrected chi connectivity index (χ0v) is 16.6. The van der Waals surface area contributed by atoms with Crippen LogP contribution in [0.4, 0.5) is 0 Å². The molecule has 0 unspecified atom stereocenters. The number of aryl methyl sites for hydroxylation is 2. The molecule has 2 aromatic carbocycles. The van der Waals surface area contributed by atoms with E-state index in [-0.39, 0.29) is 5.91 Å². The van der Waals surface area contributed by atoms with E-state index in [0.717, 1.165) is 38.8 Å². The van der Waals surface area contributed by atoms with Crippen molar-refractivity contribution in [1.29, 1.82) is 0 Å². The summed E-state index contributed by atoms with van der Waals surface area (Å²) in [5.74, 6) is 0.706. The van der Waals surface area contributed by atoms with E-state index in [0.29, 0.717) is 18.1 Å². The zero-order valence-electron chi connectivity index (χ0n) is 16.6. The van der Waals surface area contributed by atoms with Crippen LogP contribution in [0.1, 0.15) is 27.4 Å². The van der Waals surface area contributed by atoms with Gasteiger partial charge in [0.25, 0.3) is 5.91 Å². The number of nitrogens with zero attached hydrogens (tertiary/aromatic N) is 4. The molecular weight excluding hydrogens is 378 g/mol. The second-order valence-corrected chi connectivity index (χ2v) is 7.19. The number of aromatic nitrogens is 4. The molecule has 3 aromatic heterocycles. The highest BCUT2D eigenvalue weighted by molar-refractivity contribution is 5.95. The lowest BCUT2D eigenvalue weighted by Gasteiger charge is -2.10. The summed E-state index contributed by atoms with van der Waals surface area (Å²) in [4.78, 5) is 12.2. The summed E-state index contributed by atoms with van der Waals surface area (Å²) in [5, 5.41) is 18.5. The summed E-state index contributed by atoms with van der Waals surface area (Å²) in [7, 11) is 0. The van der Waals surface area contributed by atoms with Crippen LogP contribution in [-0.4, -0.2) is 25.7 Å². The van der Waals surface area contributed by atoms with Gasteiger partial charge in [-0.2, -0.15) is 9.61 Å². The highest BCUT2D eigenvalue weighted by atomic mass is 16.3. The maximum atomic E-state index is 12.2. The number of carbonyl (C=O) groups is 1. The van der Waals surface area contributed by atoms with Crippen molar-refractivity contribution in [1.82, 2.24) is 25.1 Å². The van der Waals surface area contributed by atoms with E-state index >= 15 is 0 Å². The van der Waals surface area contributed by atoms with Crippen LogP contribution in [-0.2, 0) is 6.54 Å². The molecule has 0 aliphatic carbocycles. The van der Waals surface area contributed by atoms with Crippen LogP contribution in [0.25, 0.3) is 27.8 Å². The molecule has 0 bridgehead atoms. The second-order valence-electron chi connectivity index (χ2n) is 7.19. The van der Waals surface area contributed by atoms with Gasteiger partial charge in [-0.3, -0.25) is 4.79 Å². The Labute approximate surface area is 172 Å². The molecule has 7 nitrogen and oxygen atoms in total. The van der Waals surface area contributed by atoms with Crippen LogP contribution >= 0.6 is 0 Å². The molecule has 0 saturated heterocycles. The van der Waals surface area contributed by atoms with Crippen molar-refractivity contribution in [3.8, 4) is 11.4 Å². The topological polar surface area (TPSA) is 85.3 Å². The van der Waals surface area contributed by atoms with Crippen LogP contribution < -0.4 is 5.32 Å². The van der Waals surface area contributed by atoms with E-state index in [1.807, 2.05) is 56.3 Å². The van der Waals surface area contributed by atoms with Gasteiger partial charge in [-0.15, -0.1) is 10.2 Å². The van der Waals surface area contributed by atoms with Crippen molar-refractivity contribution in [2.24, 2.45) is 0 Å². The number of rotatable bonds is 4. The lowest BCUT2D eigenvalue weighted by atomic mass is 10.0. The first kappa shape index (κ1) is 18.1. The fraction of sp³-hybridized carbons (Fsp3) is 0.130. The normalized spacial score (nSPS) is 11.3. The molecule has 148 valence electrons. The highest BCUT2D eigenvalue weighted by Crippen LogP contribution is 2.26. The van der Waals surface area contributed by atoms with E-state index in [4.69, 9.17) is 9.52 Å². The summed E-state index contributed by atoms with van der Waals surface area (Å²) in [6, 6.07) is 17.4. The first-order valence-corrected chi connectivity index (χ1v) is 9.64. The van der Waals surface area contributed by atoms with Crippen molar-refractivity contribution < 1.29 is 9.21 Å². The lowest BCUT2D eigenvalue weighted by molar-refractivity contribution is 0.0923. The third-order valence-corrected chi connectivity index (χ3v) is 5.24. The van der Waals surface area contributed by atoms with Crippen LogP contribution in [0.2, 0.25) is 0 Å². The van der Waals surface area contributed by atoms with E-state index < -0.39 is 0 Å². The minimum absolute atomic E-state index is 0.249. The molecule has 0 fully saturated rings. The highest BCUT2D eigenvalue weighted by Gasteiger charge is 2.15. The van der Waals surface area contributed by atoms with Gasteiger partial charge in [-0.25, -0.2) is 0 Å². The molecule has 5 aromatic rings. The molecule has 0 aliphatic heterocycles. The van der Waals surface area contributed by atoms with Crippen molar-refractivity contribution >= 4 is 22.3 Å². The first-order chi connectivity index (χ1) is 14.6. The Morgan fingerprint density at radius 3 is 2.67 bits per heavy atom. The molecule has 3 heterocycles. The van der Waals surface area contributed by atoms with Crippen molar-refractivity contribution in [3.63, 3.8) is 0 Å². The number of furan rings is 1. The minimum atomic E-state index is -0.249. The number of amides is 1. The summed E-state index contributed by atoms with van der Waals surface area (Å²) < 4.78 is 6.93. The zero-order chi connectivity index (χ0) is 20.7. The fourth-order valence-corrected chi connectivity index (χ4v) is 3.59. The molecule has 5 rings (SSSR count). The quantitative estimate of drug-likeness (QED) is 0.494. The van der Waals surface area contributed by atoms with E-state index in [1.165, 1.54) is 6.26 Å². The molecule has 0 atom stereocenters. The van der Waals surface area contributed by atoms with Crippen LogP contribution in [0, 0.1) is 13.8 Å². The smallest absolute Gasteiger partial charge is 0.287 e.